The summed E-state index contributed by atoms with van der Waals surface area (Å²) >= 11 is 0. The normalized spacial score (nSPS) is 19.3. The van der Waals surface area contributed by atoms with Crippen molar-refractivity contribution in [3.8, 4) is 6.07 Å². The third kappa shape index (κ3) is 4.05. The zero-order valence-electron chi connectivity index (χ0n) is 11.7. The fraction of sp³-hybridized carbons (Fsp3) is 0.467. The highest BCUT2D eigenvalue weighted by Crippen LogP contribution is 2.10. The molecule has 0 radical (unpaired) electrons. The second-order valence-corrected chi connectivity index (χ2v) is 5.08. The largest absolute Gasteiger partial charge is 0.326 e. The number of benzene rings is 1. The van der Waals surface area contributed by atoms with E-state index in [9.17, 15) is 4.79 Å². The van der Waals surface area contributed by atoms with Crippen LogP contribution in [0.25, 0.3) is 0 Å². The van der Waals surface area contributed by atoms with E-state index in [0.29, 0.717) is 18.0 Å². The van der Waals surface area contributed by atoms with E-state index in [2.05, 4.69) is 28.5 Å². The number of nitrogens with one attached hydrogen (secondary N) is 2. The molecule has 1 fully saturated rings. The highest BCUT2D eigenvalue weighted by atomic mass is 16.1. The van der Waals surface area contributed by atoms with Crippen molar-refractivity contribution in [2.24, 2.45) is 0 Å². The van der Waals surface area contributed by atoms with Crippen molar-refractivity contribution in [3.63, 3.8) is 0 Å². The molecule has 1 atom stereocenters. The summed E-state index contributed by atoms with van der Waals surface area (Å²) in [5.74, 6) is 0.0143. The number of hydrogen-bond acceptors (Lipinski definition) is 4. The summed E-state index contributed by atoms with van der Waals surface area (Å²) in [5.41, 5.74) is 1.33. The number of carbonyl (C=O) groups excluding carboxylic acids is 1. The maximum Gasteiger partial charge on any atom is 0.225 e. The maximum atomic E-state index is 11.9. The van der Waals surface area contributed by atoms with Crippen LogP contribution in [0.1, 0.15) is 18.9 Å². The van der Waals surface area contributed by atoms with Crippen LogP contribution in [-0.4, -0.2) is 43.0 Å². The molecule has 0 spiro atoms. The molecule has 106 valence electrons. The Labute approximate surface area is 119 Å². The van der Waals surface area contributed by atoms with Crippen LogP contribution in [0.4, 0.5) is 5.69 Å². The molecule has 2 N–H and O–H groups in total. The molecule has 1 amide bonds. The number of hydrogen-bond donors (Lipinski definition) is 2. The summed E-state index contributed by atoms with van der Waals surface area (Å²) < 4.78 is 0. The van der Waals surface area contributed by atoms with Crippen molar-refractivity contribution in [2.45, 2.75) is 19.4 Å². The Morgan fingerprint density at radius 3 is 2.90 bits per heavy atom. The molecule has 0 aliphatic carbocycles. The van der Waals surface area contributed by atoms with Crippen molar-refractivity contribution in [1.29, 1.82) is 5.26 Å². The van der Waals surface area contributed by atoms with Gasteiger partial charge < -0.3 is 10.6 Å². The van der Waals surface area contributed by atoms with E-state index in [1.165, 1.54) is 0 Å². The van der Waals surface area contributed by atoms with Crippen LogP contribution >= 0.6 is 0 Å². The van der Waals surface area contributed by atoms with Crippen LogP contribution in [-0.2, 0) is 4.79 Å². The van der Waals surface area contributed by atoms with E-state index in [0.717, 1.165) is 31.9 Å². The number of amides is 1. The molecule has 5 nitrogen and oxygen atoms in total. The monoisotopic (exact) mass is 272 g/mol. The maximum absolute atomic E-state index is 11.9. The molecule has 1 heterocycles. The van der Waals surface area contributed by atoms with Crippen LogP contribution < -0.4 is 10.6 Å². The molecule has 1 aliphatic heterocycles. The van der Waals surface area contributed by atoms with Crippen molar-refractivity contribution in [2.75, 3.05) is 31.5 Å². The molecule has 1 aromatic rings. The van der Waals surface area contributed by atoms with E-state index in [1.54, 1.807) is 24.3 Å². The Hall–Kier alpha value is -1.90. The van der Waals surface area contributed by atoms with Gasteiger partial charge in [0.15, 0.2) is 0 Å². The Bertz CT molecular complexity index is 492. The van der Waals surface area contributed by atoms with E-state index in [4.69, 9.17) is 5.26 Å². The van der Waals surface area contributed by atoms with Crippen molar-refractivity contribution >= 4 is 11.6 Å². The number of nitriles is 1. The van der Waals surface area contributed by atoms with Crippen molar-refractivity contribution < 1.29 is 4.79 Å². The lowest BCUT2D eigenvalue weighted by Gasteiger charge is -2.33. The number of piperazine rings is 1. The Morgan fingerprint density at radius 2 is 2.25 bits per heavy atom. The van der Waals surface area contributed by atoms with Gasteiger partial charge in [0.05, 0.1) is 11.6 Å². The van der Waals surface area contributed by atoms with Gasteiger partial charge in [0, 0.05) is 44.3 Å². The average Bonchev–Trinajstić information content (AvgIpc) is 2.47. The Morgan fingerprint density at radius 1 is 1.50 bits per heavy atom. The van der Waals surface area contributed by atoms with Gasteiger partial charge in [0.1, 0.15) is 0 Å². The Kier molecular flexibility index (Phi) is 5.10. The second kappa shape index (κ2) is 7.04. The van der Waals surface area contributed by atoms with Gasteiger partial charge in [-0.3, -0.25) is 9.69 Å². The minimum absolute atomic E-state index is 0.0143. The number of rotatable bonds is 4. The highest BCUT2D eigenvalue weighted by molar-refractivity contribution is 5.90. The van der Waals surface area contributed by atoms with Crippen molar-refractivity contribution in [1.82, 2.24) is 10.2 Å². The first-order valence-electron chi connectivity index (χ1n) is 6.94. The molecule has 0 saturated carbocycles. The summed E-state index contributed by atoms with van der Waals surface area (Å²) in [5, 5.41) is 14.9. The minimum atomic E-state index is 0.0143. The van der Waals surface area contributed by atoms with E-state index in [1.807, 2.05) is 0 Å². The zero-order chi connectivity index (χ0) is 14.4. The van der Waals surface area contributed by atoms with Gasteiger partial charge in [-0.25, -0.2) is 0 Å². The smallest absolute Gasteiger partial charge is 0.225 e. The summed E-state index contributed by atoms with van der Waals surface area (Å²) in [6.45, 7) is 5.92. The third-order valence-corrected chi connectivity index (χ3v) is 3.56. The van der Waals surface area contributed by atoms with Gasteiger partial charge in [-0.15, -0.1) is 0 Å². The van der Waals surface area contributed by atoms with Gasteiger partial charge >= 0.3 is 0 Å². The molecule has 20 heavy (non-hydrogen) atoms. The second-order valence-electron chi connectivity index (χ2n) is 5.08. The standard InChI is InChI=1S/C15H20N4O/c1-12-11-17-7-9-19(12)8-6-15(20)18-14-4-2-13(10-16)3-5-14/h2-5,12,17H,6-9,11H2,1H3,(H,18,20)/t12-/m0/s1. The summed E-state index contributed by atoms with van der Waals surface area (Å²) in [6.07, 6.45) is 0.490. The van der Waals surface area contributed by atoms with Gasteiger partial charge in [0.2, 0.25) is 5.91 Å². The van der Waals surface area contributed by atoms with Crippen LogP contribution in [0.15, 0.2) is 24.3 Å². The van der Waals surface area contributed by atoms with Gasteiger partial charge in [-0.05, 0) is 31.2 Å². The molecule has 1 saturated heterocycles. The Balaban J connectivity index is 1.78. The summed E-state index contributed by atoms with van der Waals surface area (Å²) in [4.78, 5) is 14.2. The molecule has 0 unspecified atom stereocenters. The van der Waals surface area contributed by atoms with E-state index in [-0.39, 0.29) is 5.91 Å². The molecule has 0 aromatic heterocycles. The van der Waals surface area contributed by atoms with E-state index < -0.39 is 0 Å². The van der Waals surface area contributed by atoms with Gasteiger partial charge in [-0.1, -0.05) is 0 Å². The first-order valence-corrected chi connectivity index (χ1v) is 6.94. The molecule has 0 bridgehead atoms. The number of anilines is 1. The van der Waals surface area contributed by atoms with Crippen LogP contribution in [0, 0.1) is 11.3 Å². The lowest BCUT2D eigenvalue weighted by Crippen LogP contribution is -2.50. The van der Waals surface area contributed by atoms with Gasteiger partial charge in [0.25, 0.3) is 0 Å². The third-order valence-electron chi connectivity index (χ3n) is 3.56. The van der Waals surface area contributed by atoms with Gasteiger partial charge in [-0.2, -0.15) is 5.26 Å². The lowest BCUT2D eigenvalue weighted by atomic mass is 10.2. The fourth-order valence-corrected chi connectivity index (χ4v) is 2.31. The predicted octanol–water partition coefficient (Wildman–Crippen LogP) is 1.18. The number of nitrogens with zero attached hydrogens (tertiary/aromatic N) is 2. The van der Waals surface area contributed by atoms with Crippen molar-refractivity contribution in [3.05, 3.63) is 29.8 Å². The summed E-state index contributed by atoms with van der Waals surface area (Å²) in [6, 6.07) is 9.45. The fourth-order valence-electron chi connectivity index (χ4n) is 2.31. The number of carbonyl (C=O) groups is 1. The molecule has 1 aliphatic rings. The molecular weight excluding hydrogens is 252 g/mol. The summed E-state index contributed by atoms with van der Waals surface area (Å²) in [7, 11) is 0. The molecule has 5 heteroatoms. The average molecular weight is 272 g/mol. The topological polar surface area (TPSA) is 68.2 Å². The van der Waals surface area contributed by atoms with E-state index >= 15 is 0 Å². The molecule has 1 aromatic carbocycles. The van der Waals surface area contributed by atoms with Crippen LogP contribution in [0.5, 0.6) is 0 Å². The van der Waals surface area contributed by atoms with Crippen LogP contribution in [0.3, 0.4) is 0 Å². The SMILES string of the molecule is C[C@H]1CNCCN1CCC(=O)Nc1ccc(C#N)cc1. The van der Waals surface area contributed by atoms with Crippen LogP contribution in [0.2, 0.25) is 0 Å². The quantitative estimate of drug-likeness (QED) is 0.863. The highest BCUT2D eigenvalue weighted by Gasteiger charge is 2.18. The molecule has 2 rings (SSSR count). The first kappa shape index (κ1) is 14.5. The lowest BCUT2D eigenvalue weighted by molar-refractivity contribution is -0.116. The predicted molar refractivity (Wildman–Crippen MR) is 78.3 cm³/mol. The minimum Gasteiger partial charge on any atom is -0.326 e. The first-order chi connectivity index (χ1) is 9.69. The zero-order valence-corrected chi connectivity index (χ0v) is 11.7. The molecular formula is C15H20N4O.